The highest BCUT2D eigenvalue weighted by Crippen LogP contribution is 2.31. The molecule has 0 aliphatic heterocycles. The molecule has 1 aromatic carbocycles. The third-order valence-corrected chi connectivity index (χ3v) is 6.12. The fourth-order valence-corrected chi connectivity index (χ4v) is 4.56. The molecule has 3 aromatic heterocycles. The molecule has 3 heterocycles. The zero-order valence-corrected chi connectivity index (χ0v) is 17.1. The summed E-state index contributed by atoms with van der Waals surface area (Å²) in [5.74, 6) is 0.322. The number of aliphatic hydroxyl groups excluding tert-OH is 1. The molecule has 1 fully saturated rings. The van der Waals surface area contributed by atoms with Gasteiger partial charge in [0.05, 0.1) is 17.1 Å². The van der Waals surface area contributed by atoms with Crippen LogP contribution in [0.2, 0.25) is 10.2 Å². The van der Waals surface area contributed by atoms with Gasteiger partial charge >= 0.3 is 5.69 Å². The Kier molecular flexibility index (Phi) is 4.38. The van der Waals surface area contributed by atoms with Gasteiger partial charge in [0.2, 0.25) is 5.95 Å². The largest absolute Gasteiger partial charge is 0.393 e. The summed E-state index contributed by atoms with van der Waals surface area (Å²) < 4.78 is 4.87. The summed E-state index contributed by atoms with van der Waals surface area (Å²) >= 11 is 12.6. The van der Waals surface area contributed by atoms with Gasteiger partial charge in [-0.25, -0.2) is 9.78 Å². The molecular formula is C19H18Cl2N6O2. The van der Waals surface area contributed by atoms with E-state index in [2.05, 4.69) is 9.97 Å². The topological polar surface area (TPSA) is 90.8 Å². The first-order valence-electron chi connectivity index (χ1n) is 9.39. The number of aromatic nitrogens is 6. The van der Waals surface area contributed by atoms with Crippen molar-refractivity contribution in [2.24, 2.45) is 7.05 Å². The van der Waals surface area contributed by atoms with Crippen LogP contribution in [0.4, 0.5) is 0 Å². The Morgan fingerprint density at radius 3 is 2.66 bits per heavy atom. The molecule has 1 aliphatic carbocycles. The lowest BCUT2D eigenvalue weighted by Gasteiger charge is -2.26. The molecule has 0 radical (unpaired) electrons. The molecule has 150 valence electrons. The van der Waals surface area contributed by atoms with Crippen molar-refractivity contribution < 1.29 is 5.11 Å². The molecule has 8 nitrogen and oxygen atoms in total. The lowest BCUT2D eigenvalue weighted by molar-refractivity contribution is 0.110. The number of halogens is 2. The Labute approximate surface area is 175 Å². The highest BCUT2D eigenvalue weighted by atomic mass is 35.5. The van der Waals surface area contributed by atoms with E-state index in [9.17, 15) is 9.90 Å². The van der Waals surface area contributed by atoms with E-state index in [1.807, 2.05) is 6.07 Å². The number of nitrogens with zero attached hydrogens (tertiary/aromatic N) is 6. The fourth-order valence-electron chi connectivity index (χ4n) is 4.10. The zero-order chi connectivity index (χ0) is 20.3. The lowest BCUT2D eigenvalue weighted by atomic mass is 9.93. The molecule has 29 heavy (non-hydrogen) atoms. The first-order chi connectivity index (χ1) is 13.9. The van der Waals surface area contributed by atoms with Gasteiger partial charge in [0.15, 0.2) is 10.8 Å². The van der Waals surface area contributed by atoms with Gasteiger partial charge in [0, 0.05) is 18.1 Å². The van der Waals surface area contributed by atoms with Crippen LogP contribution in [0, 0.1) is 0 Å². The number of imidazole rings is 2. The molecule has 0 amide bonds. The SMILES string of the molecule is Cn1c(=O)n(C2CCC(O)CC2)c2nc(-n3cnc4ccc(Cl)cc43)nc(Cl)c21. The Morgan fingerprint density at radius 2 is 1.90 bits per heavy atom. The third kappa shape index (κ3) is 2.94. The Hall–Kier alpha value is -2.42. The average molecular weight is 433 g/mol. The lowest BCUT2D eigenvalue weighted by Crippen LogP contribution is -2.30. The molecule has 0 saturated heterocycles. The van der Waals surface area contributed by atoms with Crippen molar-refractivity contribution in [3.05, 3.63) is 45.2 Å². The van der Waals surface area contributed by atoms with Gasteiger partial charge in [-0.3, -0.25) is 13.7 Å². The van der Waals surface area contributed by atoms with Crippen LogP contribution in [-0.2, 0) is 7.05 Å². The predicted octanol–water partition coefficient (Wildman–Crippen LogP) is 3.25. The van der Waals surface area contributed by atoms with Crippen LogP contribution < -0.4 is 5.69 Å². The van der Waals surface area contributed by atoms with Gasteiger partial charge in [-0.15, -0.1) is 0 Å². The fraction of sp³-hybridized carbons (Fsp3) is 0.368. The van der Waals surface area contributed by atoms with Gasteiger partial charge in [0.1, 0.15) is 11.8 Å². The second-order valence-corrected chi connectivity index (χ2v) is 8.20. The van der Waals surface area contributed by atoms with E-state index in [1.165, 1.54) is 4.57 Å². The second-order valence-electron chi connectivity index (χ2n) is 7.41. The summed E-state index contributed by atoms with van der Waals surface area (Å²) in [4.78, 5) is 26.5. The van der Waals surface area contributed by atoms with Crippen molar-refractivity contribution in [2.75, 3.05) is 0 Å². The van der Waals surface area contributed by atoms with Crippen LogP contribution in [0.1, 0.15) is 31.7 Å². The number of hydrogen-bond donors (Lipinski definition) is 1. The number of aliphatic hydroxyl groups is 1. The van der Waals surface area contributed by atoms with Gasteiger partial charge < -0.3 is 5.11 Å². The van der Waals surface area contributed by atoms with Crippen LogP contribution in [-0.4, -0.2) is 39.9 Å². The third-order valence-electron chi connectivity index (χ3n) is 5.62. The first kappa shape index (κ1) is 18.6. The molecule has 0 atom stereocenters. The predicted molar refractivity (Wildman–Crippen MR) is 111 cm³/mol. The number of aryl methyl sites for hydroxylation is 1. The minimum absolute atomic E-state index is 0.0395. The van der Waals surface area contributed by atoms with Crippen molar-refractivity contribution in [1.82, 2.24) is 28.7 Å². The monoisotopic (exact) mass is 432 g/mol. The van der Waals surface area contributed by atoms with Gasteiger partial charge in [-0.1, -0.05) is 23.2 Å². The summed E-state index contributed by atoms with van der Waals surface area (Å²) in [6.07, 6.45) is 4.03. The maximum atomic E-state index is 13.0. The molecule has 1 saturated carbocycles. The first-order valence-corrected chi connectivity index (χ1v) is 10.1. The van der Waals surface area contributed by atoms with Crippen LogP contribution in [0.15, 0.2) is 29.3 Å². The quantitative estimate of drug-likeness (QED) is 0.490. The molecule has 0 spiro atoms. The molecule has 5 rings (SSSR count). The van der Waals surface area contributed by atoms with Gasteiger partial charge in [0.25, 0.3) is 0 Å². The van der Waals surface area contributed by atoms with Crippen LogP contribution in [0.3, 0.4) is 0 Å². The second kappa shape index (κ2) is 6.83. The molecule has 0 unspecified atom stereocenters. The van der Waals surface area contributed by atoms with Crippen LogP contribution in [0.25, 0.3) is 28.1 Å². The van der Waals surface area contributed by atoms with E-state index in [4.69, 9.17) is 28.2 Å². The summed E-state index contributed by atoms with van der Waals surface area (Å²) in [5.41, 5.74) is 2.29. The highest BCUT2D eigenvalue weighted by molar-refractivity contribution is 6.33. The highest BCUT2D eigenvalue weighted by Gasteiger charge is 2.27. The normalized spacial score (nSPS) is 20.0. The summed E-state index contributed by atoms with van der Waals surface area (Å²) in [5, 5.41) is 10.6. The van der Waals surface area contributed by atoms with Crippen molar-refractivity contribution in [3.8, 4) is 5.95 Å². The maximum Gasteiger partial charge on any atom is 0.330 e. The average Bonchev–Trinajstić information content (AvgIpc) is 3.22. The zero-order valence-electron chi connectivity index (χ0n) is 15.6. The Balaban J connectivity index is 1.74. The maximum absolute atomic E-state index is 13.0. The summed E-state index contributed by atoms with van der Waals surface area (Å²) in [6, 6.07) is 5.33. The molecular weight excluding hydrogens is 415 g/mol. The van der Waals surface area contributed by atoms with E-state index in [-0.39, 0.29) is 23.0 Å². The molecule has 10 heteroatoms. The van der Waals surface area contributed by atoms with Crippen molar-refractivity contribution in [3.63, 3.8) is 0 Å². The standard InChI is InChI=1S/C19H18Cl2N6O2/c1-25-15-16(21)23-18(26-9-22-13-7-2-10(20)8-14(13)26)24-17(15)27(19(25)29)11-3-5-12(28)6-4-11/h2,7-9,11-12,28H,3-6H2,1H3. The number of rotatable bonds is 2. The van der Waals surface area contributed by atoms with E-state index < -0.39 is 0 Å². The molecule has 1 N–H and O–H groups in total. The van der Waals surface area contributed by atoms with Crippen molar-refractivity contribution in [1.29, 1.82) is 0 Å². The summed E-state index contributed by atoms with van der Waals surface area (Å²) in [7, 11) is 1.67. The van der Waals surface area contributed by atoms with Crippen LogP contribution in [0.5, 0.6) is 0 Å². The summed E-state index contributed by atoms with van der Waals surface area (Å²) in [6.45, 7) is 0. The Morgan fingerprint density at radius 1 is 1.14 bits per heavy atom. The van der Waals surface area contributed by atoms with Crippen LogP contribution >= 0.6 is 23.2 Å². The number of benzene rings is 1. The van der Waals surface area contributed by atoms with E-state index >= 15 is 0 Å². The van der Waals surface area contributed by atoms with E-state index in [0.29, 0.717) is 47.8 Å². The van der Waals surface area contributed by atoms with E-state index in [0.717, 1.165) is 11.0 Å². The van der Waals surface area contributed by atoms with E-state index in [1.54, 1.807) is 34.6 Å². The van der Waals surface area contributed by atoms with Gasteiger partial charge in [-0.2, -0.15) is 9.97 Å². The molecule has 0 bridgehead atoms. The number of fused-ring (bicyclic) bond motifs is 2. The van der Waals surface area contributed by atoms with Crippen molar-refractivity contribution >= 4 is 45.4 Å². The minimum Gasteiger partial charge on any atom is -0.393 e. The number of hydrogen-bond acceptors (Lipinski definition) is 5. The molecule has 4 aromatic rings. The molecule has 1 aliphatic rings. The Bertz CT molecular complexity index is 1300. The van der Waals surface area contributed by atoms with Gasteiger partial charge in [-0.05, 0) is 43.9 Å². The minimum atomic E-state index is -0.312. The smallest absolute Gasteiger partial charge is 0.330 e. The van der Waals surface area contributed by atoms with Crippen molar-refractivity contribution in [2.45, 2.75) is 37.8 Å².